The van der Waals surface area contributed by atoms with E-state index in [2.05, 4.69) is 15.9 Å². The summed E-state index contributed by atoms with van der Waals surface area (Å²) in [6.45, 7) is 1.74. The molecule has 0 heterocycles. The van der Waals surface area contributed by atoms with Crippen LogP contribution in [0.25, 0.3) is 0 Å². The Labute approximate surface area is 122 Å². The first-order valence-electron chi connectivity index (χ1n) is 5.77. The first-order valence-corrected chi connectivity index (χ1v) is 6.56. The molecule has 0 aromatic heterocycles. The Hall–Kier alpha value is -1.62. The molecule has 104 valence electrons. The van der Waals surface area contributed by atoms with E-state index in [1.807, 2.05) is 0 Å². The zero-order chi connectivity index (χ0) is 14.9. The van der Waals surface area contributed by atoms with Gasteiger partial charge in [-0.05, 0) is 42.8 Å². The number of aryl methyl sites for hydroxylation is 1. The number of benzene rings is 2. The molecule has 0 N–H and O–H groups in total. The van der Waals surface area contributed by atoms with Crippen LogP contribution in [0.5, 0.6) is 0 Å². The molecule has 5 heteroatoms. The molecule has 0 unspecified atom stereocenters. The van der Waals surface area contributed by atoms with Crippen LogP contribution in [0.4, 0.5) is 13.2 Å². The van der Waals surface area contributed by atoms with Crippen molar-refractivity contribution in [3.63, 3.8) is 0 Å². The van der Waals surface area contributed by atoms with Gasteiger partial charge in [0.15, 0.2) is 5.78 Å². The van der Waals surface area contributed by atoms with Gasteiger partial charge in [-0.2, -0.15) is 13.2 Å². The van der Waals surface area contributed by atoms with E-state index in [0.717, 1.165) is 16.6 Å². The Balaban J connectivity index is 2.44. The van der Waals surface area contributed by atoms with E-state index in [1.165, 1.54) is 12.1 Å². The average Bonchev–Trinajstić information content (AvgIpc) is 2.37. The Kier molecular flexibility index (Phi) is 3.99. The van der Waals surface area contributed by atoms with Gasteiger partial charge in [0.1, 0.15) is 0 Å². The minimum absolute atomic E-state index is 0.0326. The van der Waals surface area contributed by atoms with Gasteiger partial charge in [0.25, 0.3) is 0 Å². The summed E-state index contributed by atoms with van der Waals surface area (Å²) in [6, 6.07) is 9.50. The molecular formula is C15H10BrF3O. The summed E-state index contributed by atoms with van der Waals surface area (Å²) in [4.78, 5) is 12.3. The highest BCUT2D eigenvalue weighted by Gasteiger charge is 2.31. The average molecular weight is 343 g/mol. The van der Waals surface area contributed by atoms with Crippen LogP contribution in [0.1, 0.15) is 27.0 Å². The summed E-state index contributed by atoms with van der Waals surface area (Å²) in [7, 11) is 0. The van der Waals surface area contributed by atoms with E-state index in [-0.39, 0.29) is 5.56 Å². The Morgan fingerprint density at radius 1 is 1.10 bits per heavy atom. The van der Waals surface area contributed by atoms with Gasteiger partial charge in [-0.15, -0.1) is 0 Å². The number of carbonyl (C=O) groups is 1. The van der Waals surface area contributed by atoms with Gasteiger partial charge in [-0.3, -0.25) is 4.79 Å². The lowest BCUT2D eigenvalue weighted by atomic mass is 9.98. The molecule has 0 aliphatic carbocycles. The highest BCUT2D eigenvalue weighted by atomic mass is 79.9. The zero-order valence-electron chi connectivity index (χ0n) is 10.5. The lowest BCUT2D eigenvalue weighted by Gasteiger charge is -2.09. The number of ketones is 1. The van der Waals surface area contributed by atoms with E-state index in [1.54, 1.807) is 25.1 Å². The largest absolute Gasteiger partial charge is 0.416 e. The number of hydrogen-bond donors (Lipinski definition) is 0. The molecule has 0 fully saturated rings. The normalized spacial score (nSPS) is 11.4. The number of hydrogen-bond acceptors (Lipinski definition) is 1. The third-order valence-electron chi connectivity index (χ3n) is 2.89. The van der Waals surface area contributed by atoms with Crippen molar-refractivity contribution < 1.29 is 18.0 Å². The lowest BCUT2D eigenvalue weighted by molar-refractivity contribution is -0.137. The van der Waals surface area contributed by atoms with Crippen LogP contribution in [0.3, 0.4) is 0 Å². The highest BCUT2D eigenvalue weighted by molar-refractivity contribution is 9.10. The van der Waals surface area contributed by atoms with Gasteiger partial charge in [0.2, 0.25) is 0 Å². The fraction of sp³-hybridized carbons (Fsp3) is 0.133. The smallest absolute Gasteiger partial charge is 0.289 e. The van der Waals surface area contributed by atoms with Crippen molar-refractivity contribution in [2.75, 3.05) is 0 Å². The summed E-state index contributed by atoms with van der Waals surface area (Å²) >= 11 is 3.28. The molecule has 0 aliphatic heterocycles. The number of rotatable bonds is 2. The number of carbonyl (C=O) groups excluding carboxylic acids is 1. The second-order valence-electron chi connectivity index (χ2n) is 4.37. The van der Waals surface area contributed by atoms with Gasteiger partial charge >= 0.3 is 6.18 Å². The fourth-order valence-corrected chi connectivity index (χ4v) is 2.35. The van der Waals surface area contributed by atoms with Crippen molar-refractivity contribution in [2.45, 2.75) is 13.1 Å². The molecule has 20 heavy (non-hydrogen) atoms. The van der Waals surface area contributed by atoms with Crippen LogP contribution in [0, 0.1) is 6.92 Å². The predicted molar refractivity (Wildman–Crippen MR) is 73.8 cm³/mol. The molecule has 0 saturated heterocycles. The predicted octanol–water partition coefficient (Wildman–Crippen LogP) is 5.01. The van der Waals surface area contributed by atoms with Crippen LogP contribution in [0.2, 0.25) is 0 Å². The molecule has 0 bridgehead atoms. The van der Waals surface area contributed by atoms with Crippen molar-refractivity contribution in [1.82, 2.24) is 0 Å². The Morgan fingerprint density at radius 3 is 2.40 bits per heavy atom. The van der Waals surface area contributed by atoms with Crippen molar-refractivity contribution in [1.29, 1.82) is 0 Å². The van der Waals surface area contributed by atoms with E-state index < -0.39 is 17.5 Å². The molecule has 2 aromatic rings. The maximum atomic E-state index is 12.6. The molecule has 0 atom stereocenters. The summed E-state index contributed by atoms with van der Waals surface area (Å²) in [5.41, 5.74) is 0.317. The summed E-state index contributed by atoms with van der Waals surface area (Å²) < 4.78 is 38.8. The third kappa shape index (κ3) is 3.10. The molecule has 2 aromatic carbocycles. The van der Waals surface area contributed by atoms with E-state index in [4.69, 9.17) is 0 Å². The van der Waals surface area contributed by atoms with Crippen LogP contribution in [-0.4, -0.2) is 5.78 Å². The third-order valence-corrected chi connectivity index (χ3v) is 3.38. The maximum absolute atomic E-state index is 12.6. The standard InChI is InChI=1S/C15H10BrF3O/c1-9-7-12(16)5-6-13(9)14(20)10-3-2-4-11(8-10)15(17,18)19/h2-8H,1H3. The zero-order valence-corrected chi connectivity index (χ0v) is 12.0. The molecular weight excluding hydrogens is 333 g/mol. The van der Waals surface area contributed by atoms with E-state index in [9.17, 15) is 18.0 Å². The molecule has 2 rings (SSSR count). The Bertz CT molecular complexity index is 662. The summed E-state index contributed by atoms with van der Waals surface area (Å²) in [5.74, 6) is -0.416. The molecule has 1 nitrogen and oxygen atoms in total. The molecule has 0 amide bonds. The lowest BCUT2D eigenvalue weighted by Crippen LogP contribution is -2.09. The van der Waals surface area contributed by atoms with E-state index in [0.29, 0.717) is 11.1 Å². The summed E-state index contributed by atoms with van der Waals surface area (Å²) in [5, 5.41) is 0. The van der Waals surface area contributed by atoms with Crippen molar-refractivity contribution in [2.24, 2.45) is 0 Å². The van der Waals surface area contributed by atoms with Gasteiger partial charge in [0, 0.05) is 15.6 Å². The van der Waals surface area contributed by atoms with Gasteiger partial charge < -0.3 is 0 Å². The van der Waals surface area contributed by atoms with Crippen molar-refractivity contribution >= 4 is 21.7 Å². The van der Waals surface area contributed by atoms with E-state index >= 15 is 0 Å². The van der Waals surface area contributed by atoms with Gasteiger partial charge in [-0.1, -0.05) is 28.1 Å². The highest BCUT2D eigenvalue weighted by Crippen LogP contribution is 2.30. The second kappa shape index (κ2) is 5.40. The van der Waals surface area contributed by atoms with Gasteiger partial charge in [-0.25, -0.2) is 0 Å². The number of alkyl halides is 3. The van der Waals surface area contributed by atoms with Crippen molar-refractivity contribution in [3.05, 3.63) is 69.2 Å². The fourth-order valence-electron chi connectivity index (χ4n) is 1.87. The maximum Gasteiger partial charge on any atom is 0.416 e. The first-order chi connectivity index (χ1) is 9.29. The number of halogens is 4. The monoisotopic (exact) mass is 342 g/mol. The van der Waals surface area contributed by atoms with Crippen LogP contribution in [-0.2, 0) is 6.18 Å². The van der Waals surface area contributed by atoms with Crippen LogP contribution in [0.15, 0.2) is 46.9 Å². The first kappa shape index (κ1) is 14.8. The molecule has 0 aliphatic rings. The topological polar surface area (TPSA) is 17.1 Å². The van der Waals surface area contributed by atoms with Gasteiger partial charge in [0.05, 0.1) is 5.56 Å². The van der Waals surface area contributed by atoms with Crippen LogP contribution < -0.4 is 0 Å². The second-order valence-corrected chi connectivity index (χ2v) is 5.28. The molecule has 0 radical (unpaired) electrons. The Morgan fingerprint density at radius 2 is 1.80 bits per heavy atom. The minimum atomic E-state index is -4.45. The van der Waals surface area contributed by atoms with Crippen LogP contribution >= 0.6 is 15.9 Å². The summed E-state index contributed by atoms with van der Waals surface area (Å²) in [6.07, 6.45) is -4.45. The SMILES string of the molecule is Cc1cc(Br)ccc1C(=O)c1cccc(C(F)(F)F)c1. The quantitative estimate of drug-likeness (QED) is 0.701. The molecule has 0 spiro atoms. The molecule has 0 saturated carbocycles. The minimum Gasteiger partial charge on any atom is -0.289 e. The van der Waals surface area contributed by atoms with Crippen molar-refractivity contribution in [3.8, 4) is 0 Å².